The maximum atomic E-state index is 12.2. The van der Waals surface area contributed by atoms with Gasteiger partial charge in [0, 0.05) is 39.4 Å². The van der Waals surface area contributed by atoms with Gasteiger partial charge in [0.05, 0.1) is 106 Å². The minimum atomic E-state index is -4.72. The number of aliphatic carboxylic acids is 6. The van der Waals surface area contributed by atoms with E-state index < -0.39 is 139 Å². The van der Waals surface area contributed by atoms with E-state index in [0.717, 1.165) is 29.7 Å². The van der Waals surface area contributed by atoms with Gasteiger partial charge in [-0.2, -0.15) is 24.9 Å². The maximum Gasteiger partial charge on any atom is 0.458 e. The predicted molar refractivity (Wildman–Crippen MR) is 427 cm³/mol. The van der Waals surface area contributed by atoms with Crippen LogP contribution in [0, 0.1) is 23.7 Å². The van der Waals surface area contributed by atoms with Crippen molar-refractivity contribution in [3.63, 3.8) is 0 Å². The molecule has 0 aromatic heterocycles. The molecule has 113 heavy (non-hydrogen) atoms. The number of carbonyl (C=O) groups is 6. The quantitative estimate of drug-likeness (QED) is 0.0248. The first-order chi connectivity index (χ1) is 51.7. The molecular weight excluding hydrogens is 1710 g/mol. The number of methoxy groups -OCH3 is 1. The van der Waals surface area contributed by atoms with Crippen molar-refractivity contribution in [1.29, 1.82) is 0 Å². The number of sulfone groups is 6. The van der Waals surface area contributed by atoms with E-state index in [1.54, 1.807) is 118 Å². The minimum absolute atomic E-state index is 0.0660. The van der Waals surface area contributed by atoms with Gasteiger partial charge in [0.1, 0.15) is 0 Å². The molecule has 37 heteroatoms. The second-order valence-electron chi connectivity index (χ2n) is 26.3. The van der Waals surface area contributed by atoms with Gasteiger partial charge in [-0.15, -0.1) is 5.92 Å². The van der Waals surface area contributed by atoms with Crippen LogP contribution in [0.5, 0.6) is 0 Å². The summed E-state index contributed by atoms with van der Waals surface area (Å²) in [5, 5.41) is 49.3. The molecule has 0 amide bonds. The highest BCUT2D eigenvalue weighted by atomic mass is 79.9. The van der Waals surface area contributed by atoms with Crippen LogP contribution in [0.4, 0.5) is 13.2 Å². The monoisotopic (exact) mass is 1800 g/mol. The highest BCUT2D eigenvalue weighted by Gasteiger charge is 2.28. The Labute approximate surface area is 676 Å². The number of carboxylic acids is 6. The molecule has 0 bridgehead atoms. The Morgan fingerprint density at radius 1 is 0.389 bits per heavy atom. The summed E-state index contributed by atoms with van der Waals surface area (Å²) in [6.07, 6.45) is -4.36. The van der Waals surface area contributed by atoms with Gasteiger partial charge in [-0.05, 0) is 238 Å². The van der Waals surface area contributed by atoms with Gasteiger partial charge >= 0.3 is 42.0 Å². The van der Waals surface area contributed by atoms with Crippen molar-refractivity contribution in [2.45, 2.75) is 208 Å². The number of alkyl halides is 3. The zero-order valence-electron chi connectivity index (χ0n) is 64.2. The Bertz CT molecular complexity index is 5070. The van der Waals surface area contributed by atoms with Gasteiger partial charge in [0.2, 0.25) is 0 Å². The third kappa shape index (κ3) is 35.2. The maximum absolute atomic E-state index is 12.2. The number of rotatable bonds is 28. The largest absolute Gasteiger partial charge is 0.481 e. The van der Waals surface area contributed by atoms with Crippen molar-refractivity contribution in [3.8, 4) is 23.7 Å². The third-order valence-corrected chi connectivity index (χ3v) is 29.0. The van der Waals surface area contributed by atoms with Crippen LogP contribution in [0.15, 0.2) is 143 Å². The lowest BCUT2D eigenvalue weighted by molar-refractivity contribution is -0.137. The van der Waals surface area contributed by atoms with Crippen LogP contribution < -0.4 is 0 Å². The van der Waals surface area contributed by atoms with E-state index in [0.29, 0.717) is 49.2 Å². The molecule has 0 saturated carbocycles. The molecule has 0 aliphatic rings. The minimum Gasteiger partial charge on any atom is -0.481 e. The fourth-order valence-electron chi connectivity index (χ4n) is 9.23. The summed E-state index contributed by atoms with van der Waals surface area (Å²) in [6.45, 7) is 20.6. The molecule has 0 heterocycles. The fraction of sp³-hybridized carbons (Fsp3) is 0.395. The van der Waals surface area contributed by atoms with E-state index in [9.17, 15) is 92.4 Å². The highest BCUT2D eigenvalue weighted by molar-refractivity contribution is 9.10. The molecule has 6 aromatic rings. The van der Waals surface area contributed by atoms with Gasteiger partial charge in [-0.3, -0.25) is 28.8 Å². The predicted octanol–water partition coefficient (Wildman–Crippen LogP) is 12.7. The number of benzene rings is 6. The van der Waals surface area contributed by atoms with Gasteiger partial charge in [0.15, 0.2) is 59.0 Å². The van der Waals surface area contributed by atoms with E-state index in [1.165, 1.54) is 81.6 Å². The summed E-state index contributed by atoms with van der Waals surface area (Å²) in [7, 11) is -19.3. The Morgan fingerprint density at radius 3 is 0.920 bits per heavy atom. The van der Waals surface area contributed by atoms with Crippen molar-refractivity contribution in [2.75, 3.05) is 13.4 Å². The number of halogens is 5. The summed E-state index contributed by atoms with van der Waals surface area (Å²) in [6, 6.07) is 25.9. The average molecular weight is 1800 g/mol. The smallest absolute Gasteiger partial charge is 0.458 e. The van der Waals surface area contributed by atoms with Gasteiger partial charge in [0.25, 0.3) is 0 Å². The molecule has 0 radical (unpaired) electrons. The van der Waals surface area contributed by atoms with Crippen molar-refractivity contribution >= 4 is 134 Å². The van der Waals surface area contributed by atoms with E-state index in [-0.39, 0.29) is 84.2 Å². The van der Waals surface area contributed by atoms with Gasteiger partial charge < -0.3 is 35.4 Å². The Hall–Kier alpha value is -8.17. The number of thioether (sulfide) groups is 1. The molecule has 6 N–H and O–H groups in total. The molecule has 25 nitrogen and oxygen atoms in total. The molecule has 6 aromatic carbocycles. The molecule has 0 fully saturated rings. The first-order valence-corrected chi connectivity index (χ1v) is 45.4. The van der Waals surface area contributed by atoms with E-state index in [4.69, 9.17) is 47.0 Å². The zero-order valence-corrected chi connectivity index (χ0v) is 72.3. The van der Waals surface area contributed by atoms with Crippen LogP contribution in [0.1, 0.15) is 146 Å². The second kappa shape index (κ2) is 45.2. The molecule has 0 unspecified atom stereocenters. The van der Waals surface area contributed by atoms with Crippen LogP contribution in [-0.4, -0.2) is 168 Å². The van der Waals surface area contributed by atoms with Crippen molar-refractivity contribution in [3.05, 3.63) is 174 Å². The van der Waals surface area contributed by atoms with Crippen LogP contribution in [0.3, 0.4) is 0 Å². The fourth-order valence-corrected chi connectivity index (χ4v) is 17.7. The van der Waals surface area contributed by atoms with E-state index in [1.807, 2.05) is 12.2 Å². The molecular formula is C76H91BrClF3O25S7. The van der Waals surface area contributed by atoms with Crippen molar-refractivity contribution < 1.29 is 128 Å². The summed E-state index contributed by atoms with van der Waals surface area (Å²) >= 11 is 10.5. The van der Waals surface area contributed by atoms with Crippen LogP contribution in [-0.2, 0) is 143 Å². The van der Waals surface area contributed by atoms with E-state index >= 15 is 0 Å². The number of hydrogen-bond donors (Lipinski definition) is 6. The zero-order chi connectivity index (χ0) is 87.4. The summed E-state index contributed by atoms with van der Waals surface area (Å²) in [5.41, 5.74) is 4.14. The van der Waals surface area contributed by atoms with Crippen LogP contribution >= 0.6 is 39.3 Å². The third-order valence-electron chi connectivity index (χ3n) is 14.9. The molecule has 622 valence electrons. The summed E-state index contributed by atoms with van der Waals surface area (Å²) in [4.78, 5) is 64.7. The normalized spacial score (nSPS) is 11.7. The molecule has 0 aliphatic heterocycles. The number of carboxylic acid groups (broad SMARTS) is 6. The lowest BCUT2D eigenvalue weighted by atomic mass is 10.1. The number of hydrogen-bond acceptors (Lipinski definition) is 20. The first kappa shape index (κ1) is 103. The standard InChI is InChI=1S/C14H13F3O4S.C14H16O4S.C13H18O5S.C13H18O4S2.C11H13BrO4S.C11H13ClO4S/c1-9(2)22(20,21)12-6-10(3-4-14(15,16)17)5-11(7-12)8-13(18)19;1-4-5-11-6-12(9-14(15)16)8-13(7-11)19(17,18)10(2)3;2*1-9(2)19(16,17)12-5-10(7-13(14)15)4-11(6-12)8-18-3;2*1-7(2)17(15,16)10-4-8(5-11(13)14)3-9(12)6-10/h5-7,9H,8H2,1-2H3,(H,18,19);6-8,10H,9H2,1-3H3,(H,15,16);2*4-6,9H,7-8H2,1-3H3,(H,14,15);2*3-4,6-7H,5H2,1-2H3,(H,13,14). The Morgan fingerprint density at radius 2 is 0.637 bits per heavy atom. The number of ether oxygens (including phenoxy) is 1. The molecule has 6 rings (SSSR count). The van der Waals surface area contributed by atoms with Crippen LogP contribution in [0.2, 0.25) is 5.02 Å². The summed E-state index contributed by atoms with van der Waals surface area (Å²) in [5.74, 6) is 2.75. The molecule has 0 saturated heterocycles. The van der Waals surface area contributed by atoms with E-state index in [2.05, 4.69) is 27.8 Å². The molecule has 0 spiro atoms. The summed E-state index contributed by atoms with van der Waals surface area (Å²) < 4.78 is 187. The topological polar surface area (TPSA) is 438 Å². The van der Waals surface area contributed by atoms with Crippen molar-refractivity contribution in [2.24, 2.45) is 0 Å². The Balaban J connectivity index is 0.000000679. The highest BCUT2D eigenvalue weighted by Crippen LogP contribution is 2.29. The second-order valence-corrected chi connectivity index (χ2v) is 43.5. The lowest BCUT2D eigenvalue weighted by Gasteiger charge is -2.11. The van der Waals surface area contributed by atoms with Crippen LogP contribution in [0.25, 0.3) is 0 Å². The Kier molecular flexibility index (Phi) is 41.1. The van der Waals surface area contributed by atoms with Gasteiger partial charge in [-0.25, -0.2) is 50.5 Å². The SMILES string of the molecule is CC#Cc1cc(CC(=O)O)cc(S(=O)(=O)C(C)C)c1.CC(C)S(=O)(=O)c1cc(Br)cc(CC(=O)O)c1.CC(C)S(=O)(=O)c1cc(C#CC(F)(F)F)cc(CC(=O)O)c1.CC(C)S(=O)(=O)c1cc(Cl)cc(CC(=O)O)c1.COCc1cc(CC(=O)O)cc(S(=O)(=O)C(C)C)c1.CSCc1cc(CC(=O)O)cc(S(=O)(=O)C(C)C)c1. The van der Waals surface area contributed by atoms with Crippen molar-refractivity contribution in [1.82, 2.24) is 0 Å². The lowest BCUT2D eigenvalue weighted by Crippen LogP contribution is -2.15. The molecule has 0 atom stereocenters. The first-order valence-electron chi connectivity index (χ1n) is 33.6. The average Bonchev–Trinajstić information content (AvgIpc) is 0.787. The molecule has 0 aliphatic carbocycles. The van der Waals surface area contributed by atoms with Gasteiger partial charge in [-0.1, -0.05) is 51.5 Å².